The predicted octanol–water partition coefficient (Wildman–Crippen LogP) is 2.53. The van der Waals surface area contributed by atoms with Crippen molar-refractivity contribution in [2.24, 2.45) is 0 Å². The summed E-state index contributed by atoms with van der Waals surface area (Å²) < 4.78 is 5.15. The molecule has 21 heavy (non-hydrogen) atoms. The van der Waals surface area contributed by atoms with Crippen LogP contribution in [0.15, 0.2) is 22.7 Å². The Kier molecular flexibility index (Phi) is 3.41. The summed E-state index contributed by atoms with van der Waals surface area (Å²) in [4.78, 5) is 14.3. The zero-order valence-electron chi connectivity index (χ0n) is 12.6. The molecule has 0 spiro atoms. The first kappa shape index (κ1) is 13.7. The van der Waals surface area contributed by atoms with Crippen molar-refractivity contribution in [1.82, 2.24) is 10.1 Å². The number of carbonyl (C=O) groups excluding carboxylic acids is 1. The van der Waals surface area contributed by atoms with Gasteiger partial charge in [-0.05, 0) is 44.0 Å². The number of amides is 1. The first-order chi connectivity index (χ1) is 10.1. The van der Waals surface area contributed by atoms with Crippen molar-refractivity contribution in [2.75, 3.05) is 18.9 Å². The molecule has 0 aliphatic carbocycles. The number of aromatic nitrogens is 1. The molecule has 0 saturated carbocycles. The summed E-state index contributed by atoms with van der Waals surface area (Å²) in [5.74, 6) is 0.787. The van der Waals surface area contributed by atoms with Gasteiger partial charge in [0.25, 0.3) is 5.91 Å². The first-order valence-electron chi connectivity index (χ1n) is 7.10. The molecule has 0 unspecified atom stereocenters. The summed E-state index contributed by atoms with van der Waals surface area (Å²) in [5, 5.41) is 7.23. The maximum atomic E-state index is 12.5. The van der Waals surface area contributed by atoms with Crippen molar-refractivity contribution in [3.63, 3.8) is 0 Å². The van der Waals surface area contributed by atoms with Crippen molar-refractivity contribution in [3.05, 3.63) is 46.3 Å². The van der Waals surface area contributed by atoms with E-state index in [4.69, 9.17) is 4.52 Å². The second-order valence-corrected chi connectivity index (χ2v) is 5.51. The maximum absolute atomic E-state index is 12.5. The smallest absolute Gasteiger partial charge is 0.253 e. The van der Waals surface area contributed by atoms with E-state index >= 15 is 0 Å². The van der Waals surface area contributed by atoms with Crippen LogP contribution in [0.5, 0.6) is 0 Å². The number of hydrogen-bond acceptors (Lipinski definition) is 4. The van der Waals surface area contributed by atoms with E-state index in [2.05, 4.69) is 10.5 Å². The highest BCUT2D eigenvalue weighted by Gasteiger charge is 2.19. The average Bonchev–Trinajstić information content (AvgIpc) is 3.07. The van der Waals surface area contributed by atoms with Crippen LogP contribution in [-0.2, 0) is 13.0 Å². The van der Waals surface area contributed by atoms with Gasteiger partial charge in [-0.25, -0.2) is 0 Å². The molecular formula is C16H19N3O2. The molecule has 0 saturated heterocycles. The molecule has 3 rings (SSSR count). The Morgan fingerprint density at radius 1 is 1.43 bits per heavy atom. The van der Waals surface area contributed by atoms with E-state index in [0.29, 0.717) is 6.54 Å². The van der Waals surface area contributed by atoms with Crippen LogP contribution in [0.4, 0.5) is 5.69 Å². The third-order valence-electron chi connectivity index (χ3n) is 3.99. The van der Waals surface area contributed by atoms with Gasteiger partial charge in [-0.1, -0.05) is 5.16 Å². The first-order valence-corrected chi connectivity index (χ1v) is 7.10. The minimum absolute atomic E-state index is 0.0182. The number of anilines is 1. The molecule has 2 heterocycles. The van der Waals surface area contributed by atoms with Crippen molar-refractivity contribution < 1.29 is 9.32 Å². The Labute approximate surface area is 123 Å². The highest BCUT2D eigenvalue weighted by molar-refractivity contribution is 5.94. The molecule has 1 aliphatic heterocycles. The van der Waals surface area contributed by atoms with Crippen molar-refractivity contribution >= 4 is 11.6 Å². The van der Waals surface area contributed by atoms with Crippen LogP contribution in [0.2, 0.25) is 0 Å². The minimum Gasteiger partial charge on any atom is -0.384 e. The van der Waals surface area contributed by atoms with E-state index in [0.717, 1.165) is 41.2 Å². The van der Waals surface area contributed by atoms with Crippen LogP contribution < -0.4 is 5.32 Å². The molecule has 1 aromatic heterocycles. The van der Waals surface area contributed by atoms with Gasteiger partial charge >= 0.3 is 0 Å². The molecule has 110 valence electrons. The van der Waals surface area contributed by atoms with E-state index in [-0.39, 0.29) is 5.91 Å². The summed E-state index contributed by atoms with van der Waals surface area (Å²) in [7, 11) is 1.81. The van der Waals surface area contributed by atoms with E-state index in [9.17, 15) is 4.79 Å². The lowest BCUT2D eigenvalue weighted by Gasteiger charge is -2.17. The fraction of sp³-hybridized carbons (Fsp3) is 0.375. The summed E-state index contributed by atoms with van der Waals surface area (Å²) in [6.07, 6.45) is 0.976. The average molecular weight is 285 g/mol. The van der Waals surface area contributed by atoms with Crippen LogP contribution >= 0.6 is 0 Å². The molecular weight excluding hydrogens is 266 g/mol. The molecule has 5 nitrogen and oxygen atoms in total. The Hall–Kier alpha value is -2.30. The van der Waals surface area contributed by atoms with Gasteiger partial charge < -0.3 is 14.7 Å². The standard InChI is InChI=1S/C16H19N3O2/c1-10-14(11(2)21-18-10)9-19(3)16(20)13-4-5-15-12(8-13)6-7-17-15/h4-5,8,17H,6-7,9H2,1-3H3. The van der Waals surface area contributed by atoms with Crippen LogP contribution in [-0.4, -0.2) is 29.6 Å². The fourth-order valence-electron chi connectivity index (χ4n) is 2.69. The number of aryl methyl sites for hydroxylation is 2. The van der Waals surface area contributed by atoms with Crippen LogP contribution in [0, 0.1) is 13.8 Å². The monoisotopic (exact) mass is 285 g/mol. The SMILES string of the molecule is Cc1noc(C)c1CN(C)C(=O)c1ccc2c(c1)CCN2. The molecule has 1 aromatic carbocycles. The van der Waals surface area contributed by atoms with Gasteiger partial charge in [-0.3, -0.25) is 4.79 Å². The molecule has 1 aliphatic rings. The van der Waals surface area contributed by atoms with Crippen molar-refractivity contribution in [2.45, 2.75) is 26.8 Å². The second-order valence-electron chi connectivity index (χ2n) is 5.51. The molecule has 2 aromatic rings. The Bertz CT molecular complexity index is 671. The Morgan fingerprint density at radius 2 is 2.24 bits per heavy atom. The number of nitrogens with one attached hydrogen (secondary N) is 1. The molecule has 0 radical (unpaired) electrons. The second kappa shape index (κ2) is 5.24. The largest absolute Gasteiger partial charge is 0.384 e. The zero-order chi connectivity index (χ0) is 15.0. The van der Waals surface area contributed by atoms with Gasteiger partial charge in [0.15, 0.2) is 0 Å². The van der Waals surface area contributed by atoms with Crippen LogP contribution in [0.25, 0.3) is 0 Å². The molecule has 1 N–H and O–H groups in total. The predicted molar refractivity (Wildman–Crippen MR) is 80.4 cm³/mol. The summed E-state index contributed by atoms with van der Waals surface area (Å²) in [5.41, 5.74) is 4.90. The van der Waals surface area contributed by atoms with Crippen LogP contribution in [0.1, 0.15) is 32.9 Å². The zero-order valence-corrected chi connectivity index (χ0v) is 12.6. The quantitative estimate of drug-likeness (QED) is 0.941. The number of rotatable bonds is 3. The molecule has 1 amide bonds. The third kappa shape index (κ3) is 2.51. The van der Waals surface area contributed by atoms with Gasteiger partial charge in [0.2, 0.25) is 0 Å². The van der Waals surface area contributed by atoms with Gasteiger partial charge in [-0.2, -0.15) is 0 Å². The normalized spacial score (nSPS) is 12.9. The summed E-state index contributed by atoms with van der Waals surface area (Å²) >= 11 is 0. The number of fused-ring (bicyclic) bond motifs is 1. The lowest BCUT2D eigenvalue weighted by Crippen LogP contribution is -2.26. The minimum atomic E-state index is 0.0182. The number of carbonyl (C=O) groups is 1. The summed E-state index contributed by atoms with van der Waals surface area (Å²) in [6.45, 7) is 5.22. The van der Waals surface area contributed by atoms with Crippen LogP contribution in [0.3, 0.4) is 0 Å². The highest BCUT2D eigenvalue weighted by Crippen LogP contribution is 2.24. The molecule has 0 bridgehead atoms. The fourth-order valence-corrected chi connectivity index (χ4v) is 2.69. The van der Waals surface area contributed by atoms with Crippen molar-refractivity contribution in [3.8, 4) is 0 Å². The van der Waals surface area contributed by atoms with E-state index in [1.54, 1.807) is 11.9 Å². The third-order valence-corrected chi connectivity index (χ3v) is 3.99. The molecule has 0 atom stereocenters. The topological polar surface area (TPSA) is 58.4 Å². The van der Waals surface area contributed by atoms with Gasteiger partial charge in [0, 0.05) is 30.4 Å². The Balaban J connectivity index is 1.78. The molecule has 0 fully saturated rings. The van der Waals surface area contributed by atoms with Gasteiger partial charge in [0.1, 0.15) is 5.76 Å². The Morgan fingerprint density at radius 3 is 2.95 bits per heavy atom. The maximum Gasteiger partial charge on any atom is 0.253 e. The number of hydrogen-bond donors (Lipinski definition) is 1. The lowest BCUT2D eigenvalue weighted by atomic mass is 10.1. The van der Waals surface area contributed by atoms with E-state index in [1.165, 1.54) is 5.56 Å². The lowest BCUT2D eigenvalue weighted by molar-refractivity contribution is 0.0784. The highest BCUT2D eigenvalue weighted by atomic mass is 16.5. The number of benzene rings is 1. The summed E-state index contributed by atoms with van der Waals surface area (Å²) in [6, 6.07) is 5.85. The van der Waals surface area contributed by atoms with E-state index < -0.39 is 0 Å². The number of nitrogens with zero attached hydrogens (tertiary/aromatic N) is 2. The van der Waals surface area contributed by atoms with Crippen molar-refractivity contribution in [1.29, 1.82) is 0 Å². The molecule has 5 heteroatoms. The van der Waals surface area contributed by atoms with Gasteiger partial charge in [0.05, 0.1) is 12.2 Å². The van der Waals surface area contributed by atoms with E-state index in [1.807, 2.05) is 32.0 Å². The van der Waals surface area contributed by atoms with Gasteiger partial charge in [-0.15, -0.1) is 0 Å².